The highest BCUT2D eigenvalue weighted by molar-refractivity contribution is 6.12. The highest BCUT2D eigenvalue weighted by Gasteiger charge is 2.15. The van der Waals surface area contributed by atoms with Crippen molar-refractivity contribution in [3.63, 3.8) is 0 Å². The maximum Gasteiger partial charge on any atom is 0.234 e. The van der Waals surface area contributed by atoms with Crippen LogP contribution in [0.25, 0.3) is 0 Å². The lowest BCUT2D eigenvalue weighted by molar-refractivity contribution is 0.103. The van der Waals surface area contributed by atoms with E-state index in [9.17, 15) is 18.4 Å². The third kappa shape index (κ3) is 2.32. The Morgan fingerprint density at radius 1 is 1.00 bits per heavy atom. The van der Waals surface area contributed by atoms with Crippen molar-refractivity contribution in [2.24, 2.45) is 0 Å². The van der Waals surface area contributed by atoms with Gasteiger partial charge in [0.15, 0.2) is 5.78 Å². The predicted octanol–water partition coefficient (Wildman–Crippen LogP) is 2.65. The number of hydrogen-bond donors (Lipinski definition) is 0. The first-order chi connectivity index (χ1) is 8.61. The van der Waals surface area contributed by atoms with E-state index in [1.165, 1.54) is 18.2 Å². The molecule has 0 bridgehead atoms. The van der Waals surface area contributed by atoms with Crippen LogP contribution in [0.3, 0.4) is 0 Å². The van der Waals surface area contributed by atoms with Gasteiger partial charge < -0.3 is 0 Å². The molecule has 0 aliphatic rings. The second kappa shape index (κ2) is 4.87. The van der Waals surface area contributed by atoms with Crippen molar-refractivity contribution < 1.29 is 18.4 Å². The van der Waals surface area contributed by atoms with E-state index in [0.717, 1.165) is 24.3 Å². The van der Waals surface area contributed by atoms with E-state index in [0.29, 0.717) is 0 Å². The van der Waals surface area contributed by atoms with Crippen molar-refractivity contribution in [1.82, 2.24) is 0 Å². The summed E-state index contributed by atoms with van der Waals surface area (Å²) in [5, 5.41) is 0. The van der Waals surface area contributed by atoms with E-state index in [4.69, 9.17) is 0 Å². The molecule has 0 aliphatic heterocycles. The zero-order valence-corrected chi connectivity index (χ0v) is 9.11. The first kappa shape index (κ1) is 12.1. The Labute approximate surface area is 102 Å². The Balaban J connectivity index is 2.52. The summed E-state index contributed by atoms with van der Waals surface area (Å²) in [6.45, 7) is 0. The summed E-state index contributed by atoms with van der Waals surface area (Å²) in [6.07, 6.45) is 1.56. The first-order valence-electron chi connectivity index (χ1n) is 5.10. The fourth-order valence-electron chi connectivity index (χ4n) is 1.58. The summed E-state index contributed by atoms with van der Waals surface area (Å²) in [7, 11) is 0. The summed E-state index contributed by atoms with van der Waals surface area (Å²) in [4.78, 5) is 22.7. The normalized spacial score (nSPS) is 10.1. The van der Waals surface area contributed by atoms with E-state index >= 15 is 0 Å². The Morgan fingerprint density at radius 3 is 2.39 bits per heavy atom. The summed E-state index contributed by atoms with van der Waals surface area (Å²) in [5.41, 5.74) is -0.127. The van der Waals surface area contributed by atoms with Gasteiger partial charge in [0.1, 0.15) is 11.6 Å². The predicted molar refractivity (Wildman–Crippen MR) is 61.0 cm³/mol. The number of benzene rings is 2. The van der Waals surface area contributed by atoms with Crippen LogP contribution in [0, 0.1) is 11.6 Å². The van der Waals surface area contributed by atoms with Crippen LogP contribution in [0.4, 0.5) is 8.78 Å². The largest absolute Gasteiger partial charge is 0.289 e. The molecule has 4 heteroatoms. The Hall–Kier alpha value is -2.36. The molecule has 0 heterocycles. The zero-order valence-electron chi connectivity index (χ0n) is 9.11. The monoisotopic (exact) mass is 245 g/mol. The van der Waals surface area contributed by atoms with Gasteiger partial charge in [-0.2, -0.15) is 0 Å². The smallest absolute Gasteiger partial charge is 0.234 e. The number of carbonyl (C=O) groups excluding carboxylic acids is 2. The van der Waals surface area contributed by atoms with Crippen molar-refractivity contribution in [2.45, 2.75) is 0 Å². The summed E-state index contributed by atoms with van der Waals surface area (Å²) < 4.78 is 26.1. The highest BCUT2D eigenvalue weighted by Crippen LogP contribution is 2.15. The lowest BCUT2D eigenvalue weighted by Crippen LogP contribution is -2.06. The fraction of sp³-hybridized carbons (Fsp3) is 0. The highest BCUT2D eigenvalue weighted by atomic mass is 19.1. The zero-order chi connectivity index (χ0) is 13.1. The van der Waals surface area contributed by atoms with Gasteiger partial charge in [-0.05, 0) is 30.3 Å². The minimum Gasteiger partial charge on any atom is -0.289 e. The van der Waals surface area contributed by atoms with Gasteiger partial charge in [0.25, 0.3) is 0 Å². The van der Waals surface area contributed by atoms with E-state index in [2.05, 4.69) is 0 Å². The second-order valence-corrected chi connectivity index (χ2v) is 3.63. The third-order valence-electron chi connectivity index (χ3n) is 2.42. The van der Waals surface area contributed by atoms with Gasteiger partial charge in [-0.15, -0.1) is 0 Å². The minimum absolute atomic E-state index is 0.0503. The molecule has 0 atom stereocenters. The summed E-state index contributed by atoms with van der Waals surface area (Å²) in [5.74, 6) is -1.84. The molecular formula is C14H7F2O2. The number of ketones is 1. The van der Waals surface area contributed by atoms with Crippen LogP contribution in [0.15, 0.2) is 42.5 Å². The van der Waals surface area contributed by atoms with Gasteiger partial charge in [-0.3, -0.25) is 9.59 Å². The molecule has 0 aromatic heterocycles. The van der Waals surface area contributed by atoms with Crippen molar-refractivity contribution in [3.8, 4) is 0 Å². The van der Waals surface area contributed by atoms with E-state index in [1.807, 2.05) is 0 Å². The molecule has 2 nitrogen and oxygen atoms in total. The molecule has 0 amide bonds. The Morgan fingerprint density at radius 2 is 1.72 bits per heavy atom. The molecule has 18 heavy (non-hydrogen) atoms. The van der Waals surface area contributed by atoms with Gasteiger partial charge in [0, 0.05) is 16.7 Å². The molecule has 2 aromatic rings. The molecule has 0 aliphatic carbocycles. The van der Waals surface area contributed by atoms with Crippen LogP contribution in [0.1, 0.15) is 21.5 Å². The second-order valence-electron chi connectivity index (χ2n) is 3.63. The van der Waals surface area contributed by atoms with Crippen LogP contribution in [-0.2, 0) is 4.79 Å². The molecule has 0 fully saturated rings. The molecule has 89 valence electrons. The third-order valence-corrected chi connectivity index (χ3v) is 2.42. The molecule has 0 N–H and O–H groups in total. The molecule has 0 saturated carbocycles. The van der Waals surface area contributed by atoms with Crippen LogP contribution in [0.2, 0.25) is 0 Å². The van der Waals surface area contributed by atoms with E-state index in [1.54, 1.807) is 6.29 Å². The average molecular weight is 245 g/mol. The van der Waals surface area contributed by atoms with Crippen molar-refractivity contribution in [1.29, 1.82) is 0 Å². The maximum absolute atomic E-state index is 13.1. The van der Waals surface area contributed by atoms with Crippen molar-refractivity contribution in [3.05, 3.63) is 70.8 Å². The standard InChI is InChI=1S/C14H7F2O2/c15-11-3-1-2-9(6-11)14(18)13-7-12(16)5-4-10(13)8-17/h1-7H. The van der Waals surface area contributed by atoms with Gasteiger partial charge in [-0.25, -0.2) is 8.78 Å². The number of halogens is 2. The minimum atomic E-state index is -0.645. The van der Waals surface area contributed by atoms with Gasteiger partial charge in [0.2, 0.25) is 6.29 Å². The summed E-state index contributed by atoms with van der Waals surface area (Å²) >= 11 is 0. The molecule has 1 radical (unpaired) electrons. The van der Waals surface area contributed by atoms with Crippen LogP contribution >= 0.6 is 0 Å². The van der Waals surface area contributed by atoms with E-state index in [-0.39, 0.29) is 16.7 Å². The van der Waals surface area contributed by atoms with Gasteiger partial charge in [-0.1, -0.05) is 12.1 Å². The Bertz CT molecular complexity index is 621. The topological polar surface area (TPSA) is 34.1 Å². The lowest BCUT2D eigenvalue weighted by atomic mass is 9.99. The lowest BCUT2D eigenvalue weighted by Gasteiger charge is -2.04. The Kier molecular flexibility index (Phi) is 3.28. The summed E-state index contributed by atoms with van der Waals surface area (Å²) in [6, 6.07) is 8.14. The van der Waals surface area contributed by atoms with Gasteiger partial charge in [0.05, 0.1) is 0 Å². The van der Waals surface area contributed by atoms with Crippen molar-refractivity contribution >= 4 is 12.1 Å². The van der Waals surface area contributed by atoms with E-state index < -0.39 is 17.4 Å². The molecule has 2 rings (SSSR count). The molecular weight excluding hydrogens is 238 g/mol. The average Bonchev–Trinajstić information content (AvgIpc) is 2.38. The van der Waals surface area contributed by atoms with Gasteiger partial charge >= 0.3 is 0 Å². The van der Waals surface area contributed by atoms with Crippen LogP contribution in [-0.4, -0.2) is 12.1 Å². The number of rotatable bonds is 3. The number of carbonyl (C=O) groups is 1. The number of hydrogen-bond acceptors (Lipinski definition) is 2. The van der Waals surface area contributed by atoms with Crippen LogP contribution in [0.5, 0.6) is 0 Å². The maximum atomic E-state index is 13.1. The SMILES string of the molecule is O=[C]c1ccc(F)cc1C(=O)c1cccc(F)c1. The molecule has 0 spiro atoms. The quantitative estimate of drug-likeness (QED) is 0.779. The fourth-order valence-corrected chi connectivity index (χ4v) is 1.58. The first-order valence-corrected chi connectivity index (χ1v) is 5.10. The molecule has 0 saturated heterocycles. The van der Waals surface area contributed by atoms with Crippen molar-refractivity contribution in [2.75, 3.05) is 0 Å². The van der Waals surface area contributed by atoms with Crippen LogP contribution < -0.4 is 0 Å². The molecule has 0 unspecified atom stereocenters. The molecule has 2 aromatic carbocycles.